The second-order valence-electron chi connectivity index (χ2n) is 4.09. The minimum Gasteiger partial charge on any atom is -0.345 e. The highest BCUT2D eigenvalue weighted by Crippen LogP contribution is 2.15. The Morgan fingerprint density at radius 1 is 1.06 bits per heavy atom. The number of rotatable bonds is 3. The molecule has 3 heteroatoms. The minimum absolute atomic E-state index is 0.00899. The van der Waals surface area contributed by atoms with Crippen LogP contribution in [0.5, 0.6) is 0 Å². The van der Waals surface area contributed by atoms with Crippen LogP contribution in [0.1, 0.15) is 28.9 Å². The van der Waals surface area contributed by atoms with Gasteiger partial charge in [-0.05, 0) is 47.2 Å². The number of benzene rings is 2. The summed E-state index contributed by atoms with van der Waals surface area (Å²) in [4.78, 5) is 12.1. The molecule has 1 amide bonds. The average Bonchev–Trinajstić information content (AvgIpc) is 2.40. The molecule has 0 spiro atoms. The van der Waals surface area contributed by atoms with Crippen molar-refractivity contribution in [2.24, 2.45) is 0 Å². The second kappa shape index (κ2) is 6.00. The Balaban J connectivity index is 2.11. The third-order valence-corrected chi connectivity index (χ3v) is 3.71. The number of halogens is 1. The number of carbonyl (C=O) groups excluding carboxylic acids is 1. The smallest absolute Gasteiger partial charge is 0.252 e. The molecule has 0 aliphatic carbocycles. The van der Waals surface area contributed by atoms with Crippen LogP contribution in [-0.2, 0) is 0 Å². The predicted octanol–water partition coefficient (Wildman–Crippen LogP) is 3.78. The van der Waals surface area contributed by atoms with Gasteiger partial charge in [0.05, 0.1) is 11.6 Å². The Labute approximate surface area is 121 Å². The van der Waals surface area contributed by atoms with Gasteiger partial charge < -0.3 is 5.32 Å². The van der Waals surface area contributed by atoms with Gasteiger partial charge in [0.1, 0.15) is 0 Å². The van der Waals surface area contributed by atoms with Gasteiger partial charge in [0, 0.05) is 3.57 Å². The van der Waals surface area contributed by atoms with Crippen LogP contribution in [0.2, 0.25) is 0 Å². The molecule has 0 aliphatic heterocycles. The molecule has 0 bridgehead atoms. The molecule has 0 heterocycles. The van der Waals surface area contributed by atoms with Crippen molar-refractivity contribution in [3.05, 3.63) is 69.3 Å². The van der Waals surface area contributed by atoms with E-state index in [4.69, 9.17) is 0 Å². The normalized spacial score (nSPS) is 11.9. The van der Waals surface area contributed by atoms with E-state index in [1.165, 1.54) is 0 Å². The Morgan fingerprint density at radius 3 is 2.33 bits per heavy atom. The molecule has 2 aromatic rings. The first-order valence-electron chi connectivity index (χ1n) is 5.79. The summed E-state index contributed by atoms with van der Waals surface area (Å²) in [6.07, 6.45) is 0. The first-order valence-corrected chi connectivity index (χ1v) is 6.86. The summed E-state index contributed by atoms with van der Waals surface area (Å²) >= 11 is 2.18. The molecule has 0 radical (unpaired) electrons. The molecule has 1 N–H and O–H groups in total. The first-order chi connectivity index (χ1) is 8.68. The summed E-state index contributed by atoms with van der Waals surface area (Å²) in [5.41, 5.74) is 1.83. The third kappa shape index (κ3) is 3.10. The molecule has 92 valence electrons. The molecule has 1 atom stereocenters. The van der Waals surface area contributed by atoms with Crippen LogP contribution < -0.4 is 5.32 Å². The van der Waals surface area contributed by atoms with Crippen molar-refractivity contribution in [1.29, 1.82) is 0 Å². The summed E-state index contributed by atoms with van der Waals surface area (Å²) in [7, 11) is 0. The lowest BCUT2D eigenvalue weighted by Gasteiger charge is -2.14. The van der Waals surface area contributed by atoms with E-state index in [0.717, 1.165) is 14.7 Å². The number of hydrogen-bond acceptors (Lipinski definition) is 1. The Hall–Kier alpha value is -1.36. The fraction of sp³-hybridized carbons (Fsp3) is 0.133. The molecule has 2 rings (SSSR count). The third-order valence-electron chi connectivity index (χ3n) is 2.77. The predicted molar refractivity (Wildman–Crippen MR) is 81.5 cm³/mol. The standard InChI is InChI=1S/C15H14INO/c1-11(12-7-3-2-4-8-12)17-15(18)13-9-5-6-10-14(13)16/h2-11H,1H3,(H,17,18). The second-order valence-corrected chi connectivity index (χ2v) is 5.25. The van der Waals surface area contributed by atoms with Crippen LogP contribution in [-0.4, -0.2) is 5.91 Å². The van der Waals surface area contributed by atoms with E-state index in [9.17, 15) is 4.79 Å². The van der Waals surface area contributed by atoms with Gasteiger partial charge in [0.15, 0.2) is 0 Å². The lowest BCUT2D eigenvalue weighted by Crippen LogP contribution is -2.27. The number of carbonyl (C=O) groups is 1. The van der Waals surface area contributed by atoms with Crippen molar-refractivity contribution in [3.8, 4) is 0 Å². The Morgan fingerprint density at radius 2 is 1.67 bits per heavy atom. The fourth-order valence-corrected chi connectivity index (χ4v) is 2.38. The van der Waals surface area contributed by atoms with E-state index in [1.807, 2.05) is 61.5 Å². The van der Waals surface area contributed by atoms with Gasteiger partial charge in [0.25, 0.3) is 5.91 Å². The maximum absolute atomic E-state index is 12.1. The summed E-state index contributed by atoms with van der Waals surface area (Å²) in [6, 6.07) is 17.5. The zero-order chi connectivity index (χ0) is 13.0. The minimum atomic E-state index is -0.0312. The first kappa shape index (κ1) is 13.1. The van der Waals surface area contributed by atoms with Gasteiger partial charge >= 0.3 is 0 Å². The molecule has 18 heavy (non-hydrogen) atoms. The molecule has 2 aromatic carbocycles. The summed E-state index contributed by atoms with van der Waals surface area (Å²) < 4.78 is 0.966. The van der Waals surface area contributed by atoms with E-state index in [2.05, 4.69) is 27.9 Å². The highest BCUT2D eigenvalue weighted by molar-refractivity contribution is 14.1. The van der Waals surface area contributed by atoms with Crippen LogP contribution in [0.25, 0.3) is 0 Å². The summed E-state index contributed by atoms with van der Waals surface area (Å²) in [5, 5.41) is 3.01. The van der Waals surface area contributed by atoms with E-state index in [-0.39, 0.29) is 11.9 Å². The van der Waals surface area contributed by atoms with Gasteiger partial charge in [-0.1, -0.05) is 42.5 Å². The molecule has 0 saturated heterocycles. The van der Waals surface area contributed by atoms with Gasteiger partial charge in [-0.15, -0.1) is 0 Å². The van der Waals surface area contributed by atoms with Crippen molar-refractivity contribution in [3.63, 3.8) is 0 Å². The van der Waals surface area contributed by atoms with E-state index >= 15 is 0 Å². The fourth-order valence-electron chi connectivity index (χ4n) is 1.74. The molecular weight excluding hydrogens is 337 g/mol. The molecular formula is C15H14INO. The van der Waals surface area contributed by atoms with Gasteiger partial charge in [-0.3, -0.25) is 4.79 Å². The number of hydrogen-bond donors (Lipinski definition) is 1. The number of amides is 1. The quantitative estimate of drug-likeness (QED) is 0.838. The summed E-state index contributed by atoms with van der Waals surface area (Å²) in [5.74, 6) is -0.0312. The van der Waals surface area contributed by atoms with Crippen molar-refractivity contribution >= 4 is 28.5 Å². The van der Waals surface area contributed by atoms with E-state index < -0.39 is 0 Å². The largest absolute Gasteiger partial charge is 0.345 e. The van der Waals surface area contributed by atoms with Gasteiger partial charge in [0.2, 0.25) is 0 Å². The maximum atomic E-state index is 12.1. The van der Waals surface area contributed by atoms with E-state index in [0.29, 0.717) is 0 Å². The Kier molecular flexibility index (Phi) is 4.36. The van der Waals surface area contributed by atoms with Crippen molar-refractivity contribution in [1.82, 2.24) is 5.32 Å². The van der Waals surface area contributed by atoms with Crippen molar-refractivity contribution in [2.75, 3.05) is 0 Å². The zero-order valence-electron chi connectivity index (χ0n) is 10.1. The van der Waals surface area contributed by atoms with Crippen LogP contribution in [0, 0.1) is 3.57 Å². The summed E-state index contributed by atoms with van der Waals surface area (Å²) in [6.45, 7) is 1.99. The highest BCUT2D eigenvalue weighted by atomic mass is 127. The lowest BCUT2D eigenvalue weighted by molar-refractivity contribution is 0.0939. The van der Waals surface area contributed by atoms with Gasteiger partial charge in [-0.25, -0.2) is 0 Å². The molecule has 1 unspecified atom stereocenters. The Bertz CT molecular complexity index is 539. The van der Waals surface area contributed by atoms with Gasteiger partial charge in [-0.2, -0.15) is 0 Å². The topological polar surface area (TPSA) is 29.1 Å². The van der Waals surface area contributed by atoms with Crippen LogP contribution in [0.15, 0.2) is 54.6 Å². The van der Waals surface area contributed by atoms with E-state index in [1.54, 1.807) is 0 Å². The number of nitrogens with one attached hydrogen (secondary N) is 1. The van der Waals surface area contributed by atoms with Crippen molar-refractivity contribution in [2.45, 2.75) is 13.0 Å². The zero-order valence-corrected chi connectivity index (χ0v) is 12.2. The molecule has 2 nitrogen and oxygen atoms in total. The highest BCUT2D eigenvalue weighted by Gasteiger charge is 2.12. The molecule has 0 aliphatic rings. The molecule has 0 aromatic heterocycles. The van der Waals surface area contributed by atoms with Crippen LogP contribution in [0.3, 0.4) is 0 Å². The average molecular weight is 351 g/mol. The monoisotopic (exact) mass is 351 g/mol. The molecule has 0 fully saturated rings. The lowest BCUT2D eigenvalue weighted by atomic mass is 10.1. The maximum Gasteiger partial charge on any atom is 0.252 e. The van der Waals surface area contributed by atoms with Crippen molar-refractivity contribution < 1.29 is 4.79 Å². The molecule has 0 saturated carbocycles. The van der Waals surface area contributed by atoms with Crippen LogP contribution >= 0.6 is 22.6 Å². The van der Waals surface area contributed by atoms with Crippen LogP contribution in [0.4, 0.5) is 0 Å². The SMILES string of the molecule is CC(NC(=O)c1ccccc1I)c1ccccc1.